The van der Waals surface area contributed by atoms with Gasteiger partial charge in [-0.05, 0) is 53.0 Å². The molecule has 0 atom stereocenters. The predicted molar refractivity (Wildman–Crippen MR) is 139 cm³/mol. The number of halogens is 1. The number of nitrogens with zero attached hydrogens (tertiary/aromatic N) is 1. The molecule has 4 N–H and O–H groups in total. The summed E-state index contributed by atoms with van der Waals surface area (Å²) in [5.74, 6) is 1.90. The molecule has 0 bridgehead atoms. The second-order valence-electron chi connectivity index (χ2n) is 7.32. The molecular formula is C25H34BrN3O5. The van der Waals surface area contributed by atoms with Crippen molar-refractivity contribution in [2.75, 3.05) is 33.3 Å². The third-order valence-electron chi connectivity index (χ3n) is 5.24. The topological polar surface area (TPSA) is 109 Å². The Hall–Kier alpha value is -3.07. The molecular weight excluding hydrogens is 502 g/mol. The van der Waals surface area contributed by atoms with Crippen LogP contribution in [0.5, 0.6) is 23.0 Å². The summed E-state index contributed by atoms with van der Waals surface area (Å²) in [6.45, 7) is 8.46. The lowest BCUT2D eigenvalue weighted by Crippen LogP contribution is -2.32. The number of hydrogen-bond donors (Lipinski definition) is 2. The van der Waals surface area contributed by atoms with Crippen LogP contribution < -0.4 is 30.4 Å². The van der Waals surface area contributed by atoms with Gasteiger partial charge in [-0.25, -0.2) is 0 Å². The van der Waals surface area contributed by atoms with Crippen LogP contribution in [0.2, 0.25) is 0 Å². The molecule has 8 nitrogen and oxygen atoms in total. The number of ether oxygens (including phenoxy) is 4. The zero-order chi connectivity index (χ0) is 25.4. The van der Waals surface area contributed by atoms with Crippen molar-refractivity contribution < 1.29 is 23.7 Å². The molecule has 0 aliphatic carbocycles. The summed E-state index contributed by atoms with van der Waals surface area (Å²) in [6, 6.07) is 6.88. The van der Waals surface area contributed by atoms with Crippen LogP contribution >= 0.6 is 15.9 Å². The van der Waals surface area contributed by atoms with Crippen molar-refractivity contribution >= 4 is 33.2 Å². The summed E-state index contributed by atoms with van der Waals surface area (Å²) in [7, 11) is 3.09. The molecule has 34 heavy (non-hydrogen) atoms. The first-order chi connectivity index (χ1) is 16.3. The van der Waals surface area contributed by atoms with E-state index in [-0.39, 0.29) is 17.3 Å². The average molecular weight is 536 g/mol. The van der Waals surface area contributed by atoms with E-state index in [1.807, 2.05) is 20.8 Å². The van der Waals surface area contributed by atoms with Crippen molar-refractivity contribution in [2.45, 2.75) is 40.5 Å². The Labute approximate surface area is 209 Å². The number of benzene rings is 2. The van der Waals surface area contributed by atoms with Crippen molar-refractivity contribution in [3.63, 3.8) is 0 Å². The van der Waals surface area contributed by atoms with Crippen molar-refractivity contribution in [3.8, 4) is 23.0 Å². The quantitative estimate of drug-likeness (QED) is 0.349. The maximum absolute atomic E-state index is 13.8. The number of anilines is 1. The second-order valence-corrected chi connectivity index (χ2v) is 8.18. The molecule has 0 saturated heterocycles. The minimum Gasteiger partial charge on any atom is -0.493 e. The molecule has 0 saturated carbocycles. The lowest BCUT2D eigenvalue weighted by atomic mass is 10.0. The average Bonchev–Trinajstić information content (AvgIpc) is 3.29. The summed E-state index contributed by atoms with van der Waals surface area (Å²) in [4.78, 5) is 15.5. The van der Waals surface area contributed by atoms with E-state index in [2.05, 4.69) is 22.9 Å². The number of carbonyl (C=O) groups is 1. The van der Waals surface area contributed by atoms with Crippen molar-refractivity contribution in [1.82, 2.24) is 4.90 Å². The van der Waals surface area contributed by atoms with E-state index in [0.717, 1.165) is 18.4 Å². The fourth-order valence-electron chi connectivity index (χ4n) is 3.55. The lowest BCUT2D eigenvalue weighted by Gasteiger charge is -2.28. The fourth-order valence-corrected chi connectivity index (χ4v) is 3.98. The standard InChI is InChI=1S/C23H28BrN3O5.C2H6/c1-5-6-7-27(23(28)14-9-18(30-4)17(29-3)8-13(14)2)21(22(24)26)15-10-19-20(11-16(15)25)32-12-31-19;1-2/h8-11H,5-7,12,25-26H2,1-4H3;1-2H3/b22-21+;. The highest BCUT2D eigenvalue weighted by Crippen LogP contribution is 2.41. The first-order valence-corrected chi connectivity index (χ1v) is 12.0. The van der Waals surface area contributed by atoms with E-state index < -0.39 is 0 Å². The smallest absolute Gasteiger partial charge is 0.258 e. The Morgan fingerprint density at radius 2 is 1.65 bits per heavy atom. The number of carbonyl (C=O) groups excluding carboxylic acids is 1. The van der Waals surface area contributed by atoms with Gasteiger partial charge in [-0.2, -0.15) is 0 Å². The number of rotatable bonds is 8. The fraction of sp³-hybridized carbons (Fsp3) is 0.400. The van der Waals surface area contributed by atoms with Crippen molar-refractivity contribution in [3.05, 3.63) is 45.6 Å². The Morgan fingerprint density at radius 1 is 1.06 bits per heavy atom. The van der Waals surface area contributed by atoms with Gasteiger partial charge in [0, 0.05) is 29.4 Å². The summed E-state index contributed by atoms with van der Waals surface area (Å²) in [5.41, 5.74) is 15.3. The molecule has 0 fully saturated rings. The van der Waals surface area contributed by atoms with Crippen LogP contribution in [0, 0.1) is 6.92 Å². The molecule has 2 aromatic carbocycles. The molecule has 0 unspecified atom stereocenters. The normalized spacial score (nSPS) is 12.3. The third-order valence-corrected chi connectivity index (χ3v) is 5.61. The van der Waals surface area contributed by atoms with Crippen LogP contribution in [0.25, 0.3) is 5.70 Å². The largest absolute Gasteiger partial charge is 0.493 e. The van der Waals surface area contributed by atoms with Gasteiger partial charge < -0.3 is 35.3 Å². The SMILES string of the molecule is CC.CCCCN(C(=O)c1cc(OC)c(OC)cc1C)/C(=C(/N)Br)c1cc2c(cc1N)OCO2. The van der Waals surface area contributed by atoms with Gasteiger partial charge in [-0.15, -0.1) is 0 Å². The van der Waals surface area contributed by atoms with E-state index in [4.69, 9.17) is 30.4 Å². The molecule has 1 aliphatic rings. The summed E-state index contributed by atoms with van der Waals surface area (Å²) >= 11 is 3.39. The van der Waals surface area contributed by atoms with Crippen molar-refractivity contribution in [1.29, 1.82) is 0 Å². The molecule has 1 heterocycles. The van der Waals surface area contributed by atoms with Crippen LogP contribution in [0.3, 0.4) is 0 Å². The van der Waals surface area contributed by atoms with Crippen LogP contribution in [-0.4, -0.2) is 38.4 Å². The Balaban J connectivity index is 0.00000199. The molecule has 1 amide bonds. The highest BCUT2D eigenvalue weighted by atomic mass is 79.9. The number of methoxy groups -OCH3 is 2. The zero-order valence-electron chi connectivity index (χ0n) is 20.7. The van der Waals surface area contributed by atoms with Crippen LogP contribution in [0.15, 0.2) is 28.9 Å². The van der Waals surface area contributed by atoms with Crippen LogP contribution in [0.1, 0.15) is 55.1 Å². The Kier molecular flexibility index (Phi) is 9.92. The van der Waals surface area contributed by atoms with Crippen molar-refractivity contribution in [2.24, 2.45) is 5.73 Å². The Bertz CT molecular complexity index is 1050. The number of unbranched alkanes of at least 4 members (excludes halogenated alkanes) is 1. The minimum atomic E-state index is -0.230. The predicted octanol–water partition coefficient (Wildman–Crippen LogP) is 5.27. The van der Waals surface area contributed by atoms with Gasteiger partial charge in [0.2, 0.25) is 6.79 Å². The zero-order valence-corrected chi connectivity index (χ0v) is 22.2. The van der Waals surface area contributed by atoms with E-state index in [1.165, 1.54) is 7.11 Å². The number of fused-ring (bicyclic) bond motifs is 1. The summed E-state index contributed by atoms with van der Waals surface area (Å²) < 4.78 is 22.0. The molecule has 9 heteroatoms. The third kappa shape index (κ3) is 5.70. The molecule has 0 spiro atoms. The Morgan fingerprint density at radius 3 is 2.21 bits per heavy atom. The van der Waals surface area contributed by atoms with E-state index >= 15 is 0 Å². The van der Waals surface area contributed by atoms with Crippen LogP contribution in [0.4, 0.5) is 5.69 Å². The maximum Gasteiger partial charge on any atom is 0.258 e. The second kappa shape index (κ2) is 12.4. The molecule has 186 valence electrons. The van der Waals surface area contributed by atoms with Gasteiger partial charge in [-0.1, -0.05) is 27.2 Å². The molecule has 0 radical (unpaired) electrons. The lowest BCUT2D eigenvalue weighted by molar-refractivity contribution is 0.0832. The number of hydrogen-bond acceptors (Lipinski definition) is 7. The maximum atomic E-state index is 13.8. The molecule has 1 aliphatic heterocycles. The minimum absolute atomic E-state index is 0.115. The van der Waals surface area contributed by atoms with Gasteiger partial charge >= 0.3 is 0 Å². The van der Waals surface area contributed by atoms with Gasteiger partial charge in [0.15, 0.2) is 23.0 Å². The highest BCUT2D eigenvalue weighted by molar-refractivity contribution is 9.11. The highest BCUT2D eigenvalue weighted by Gasteiger charge is 2.28. The van der Waals surface area contributed by atoms with Gasteiger partial charge in [-0.3, -0.25) is 4.79 Å². The number of nitrogen functional groups attached to an aromatic ring is 1. The number of aryl methyl sites for hydroxylation is 1. The van der Waals surface area contributed by atoms with E-state index in [1.54, 1.807) is 36.3 Å². The van der Waals surface area contributed by atoms with E-state index in [9.17, 15) is 4.79 Å². The molecule has 0 aromatic heterocycles. The number of amides is 1. The van der Waals surface area contributed by atoms with Gasteiger partial charge in [0.25, 0.3) is 5.91 Å². The summed E-state index contributed by atoms with van der Waals surface area (Å²) in [6.07, 6.45) is 1.66. The molecule has 3 rings (SSSR count). The first kappa shape index (κ1) is 27.2. The van der Waals surface area contributed by atoms with Gasteiger partial charge in [0.1, 0.15) is 4.61 Å². The number of nitrogens with two attached hydrogens (primary N) is 2. The van der Waals surface area contributed by atoms with Crippen LogP contribution in [-0.2, 0) is 0 Å². The van der Waals surface area contributed by atoms with Gasteiger partial charge in [0.05, 0.1) is 19.9 Å². The first-order valence-electron chi connectivity index (χ1n) is 11.2. The summed E-state index contributed by atoms with van der Waals surface area (Å²) in [5, 5.41) is 0. The monoisotopic (exact) mass is 535 g/mol. The van der Waals surface area contributed by atoms with E-state index in [0.29, 0.717) is 52.1 Å². The molecule has 2 aromatic rings.